The first kappa shape index (κ1) is 13.3. The van der Waals surface area contributed by atoms with Gasteiger partial charge in [-0.05, 0) is 49.8 Å². The van der Waals surface area contributed by atoms with Crippen LogP contribution in [0.3, 0.4) is 0 Å². The van der Waals surface area contributed by atoms with E-state index in [9.17, 15) is 0 Å². The number of nitrogens with zero attached hydrogens (tertiary/aromatic N) is 2. The molecule has 18 heavy (non-hydrogen) atoms. The number of nitrogens with two attached hydrogens (primary N) is 1. The second kappa shape index (κ2) is 5.70. The molecule has 0 aliphatic heterocycles. The molecule has 1 saturated carbocycles. The van der Waals surface area contributed by atoms with Crippen LogP contribution in [0.2, 0.25) is 0 Å². The maximum absolute atomic E-state index is 5.95. The predicted octanol–water partition coefficient (Wildman–Crippen LogP) is 3.12. The molecule has 1 unspecified atom stereocenters. The highest BCUT2D eigenvalue weighted by atomic mass is 15.2. The van der Waals surface area contributed by atoms with Crippen LogP contribution < -0.4 is 10.6 Å². The Morgan fingerprint density at radius 2 is 2.11 bits per heavy atom. The number of anilines is 1. The topological polar surface area (TPSA) is 42.1 Å². The van der Waals surface area contributed by atoms with Gasteiger partial charge in [-0.1, -0.05) is 13.8 Å². The van der Waals surface area contributed by atoms with E-state index in [1.165, 1.54) is 24.8 Å². The van der Waals surface area contributed by atoms with Gasteiger partial charge in [0, 0.05) is 24.8 Å². The second-order valence-electron chi connectivity index (χ2n) is 5.84. The Balaban J connectivity index is 2.12. The van der Waals surface area contributed by atoms with Gasteiger partial charge in [-0.2, -0.15) is 0 Å². The van der Waals surface area contributed by atoms with E-state index in [1.807, 2.05) is 19.2 Å². The van der Waals surface area contributed by atoms with Crippen LogP contribution in [0.25, 0.3) is 0 Å². The van der Waals surface area contributed by atoms with Gasteiger partial charge in [0.15, 0.2) is 0 Å². The lowest BCUT2D eigenvalue weighted by atomic mass is 10.1. The quantitative estimate of drug-likeness (QED) is 0.840. The molecule has 3 nitrogen and oxygen atoms in total. The largest absolute Gasteiger partial charge is 0.354 e. The smallest absolute Gasteiger partial charge is 0.129 e. The van der Waals surface area contributed by atoms with Gasteiger partial charge in [0.25, 0.3) is 0 Å². The van der Waals surface area contributed by atoms with Crippen LogP contribution in [0.1, 0.15) is 51.6 Å². The summed E-state index contributed by atoms with van der Waals surface area (Å²) in [7, 11) is 0. The summed E-state index contributed by atoms with van der Waals surface area (Å²) >= 11 is 0. The van der Waals surface area contributed by atoms with Crippen molar-refractivity contribution in [2.24, 2.45) is 11.7 Å². The summed E-state index contributed by atoms with van der Waals surface area (Å²) in [6.07, 6.45) is 5.73. The van der Waals surface area contributed by atoms with E-state index in [0.29, 0.717) is 6.04 Å². The summed E-state index contributed by atoms with van der Waals surface area (Å²) in [4.78, 5) is 7.00. The van der Waals surface area contributed by atoms with E-state index in [1.54, 1.807) is 0 Å². The maximum atomic E-state index is 5.95. The second-order valence-corrected chi connectivity index (χ2v) is 5.84. The van der Waals surface area contributed by atoms with Crippen LogP contribution in [0.15, 0.2) is 18.3 Å². The van der Waals surface area contributed by atoms with E-state index in [-0.39, 0.29) is 6.04 Å². The van der Waals surface area contributed by atoms with E-state index in [4.69, 9.17) is 5.73 Å². The molecule has 1 aliphatic carbocycles. The first-order valence-electron chi connectivity index (χ1n) is 7.06. The number of aromatic nitrogens is 1. The van der Waals surface area contributed by atoms with Crippen molar-refractivity contribution in [3.05, 3.63) is 23.9 Å². The molecule has 0 saturated heterocycles. The Hall–Kier alpha value is -1.09. The average Bonchev–Trinajstić information content (AvgIpc) is 3.14. The molecule has 0 aromatic carbocycles. The summed E-state index contributed by atoms with van der Waals surface area (Å²) in [5.41, 5.74) is 7.13. The zero-order chi connectivity index (χ0) is 13.1. The SMILES string of the molecule is CC(C)CCN(c1cc(C(C)N)ccn1)C1CC1. The number of rotatable bonds is 6. The van der Waals surface area contributed by atoms with Crippen LogP contribution in [-0.4, -0.2) is 17.6 Å². The van der Waals surface area contributed by atoms with Crippen molar-refractivity contribution in [1.82, 2.24) is 4.98 Å². The predicted molar refractivity (Wildman–Crippen MR) is 76.7 cm³/mol. The van der Waals surface area contributed by atoms with Crippen molar-refractivity contribution in [3.8, 4) is 0 Å². The molecule has 0 bridgehead atoms. The van der Waals surface area contributed by atoms with Crippen LogP contribution in [0, 0.1) is 5.92 Å². The third-order valence-corrected chi connectivity index (χ3v) is 3.52. The van der Waals surface area contributed by atoms with Gasteiger partial charge in [-0.3, -0.25) is 0 Å². The fourth-order valence-corrected chi connectivity index (χ4v) is 2.14. The third-order valence-electron chi connectivity index (χ3n) is 3.52. The molecule has 100 valence electrons. The van der Waals surface area contributed by atoms with Crippen molar-refractivity contribution < 1.29 is 0 Å². The van der Waals surface area contributed by atoms with Gasteiger partial charge in [0.2, 0.25) is 0 Å². The van der Waals surface area contributed by atoms with Crippen LogP contribution >= 0.6 is 0 Å². The molecule has 3 heteroatoms. The summed E-state index contributed by atoms with van der Waals surface area (Å²) in [5, 5.41) is 0. The van der Waals surface area contributed by atoms with Crippen molar-refractivity contribution >= 4 is 5.82 Å². The molecule has 0 radical (unpaired) electrons. The minimum atomic E-state index is 0.0814. The van der Waals surface area contributed by atoms with Crippen LogP contribution in [0.5, 0.6) is 0 Å². The molecule has 0 spiro atoms. The fraction of sp³-hybridized carbons (Fsp3) is 0.667. The minimum absolute atomic E-state index is 0.0814. The van der Waals surface area contributed by atoms with Crippen molar-refractivity contribution in [2.45, 2.75) is 52.1 Å². The van der Waals surface area contributed by atoms with Crippen LogP contribution in [-0.2, 0) is 0 Å². The Kier molecular flexibility index (Phi) is 4.23. The van der Waals surface area contributed by atoms with E-state index < -0.39 is 0 Å². The molecule has 1 fully saturated rings. The summed E-state index contributed by atoms with van der Waals surface area (Å²) in [6, 6.07) is 4.96. The molecule has 2 N–H and O–H groups in total. The van der Waals surface area contributed by atoms with Gasteiger partial charge in [-0.15, -0.1) is 0 Å². The van der Waals surface area contributed by atoms with Crippen molar-refractivity contribution in [2.75, 3.05) is 11.4 Å². The monoisotopic (exact) mass is 247 g/mol. The standard InChI is InChI=1S/C15H25N3/c1-11(2)7-9-18(14-4-5-14)15-10-13(12(3)16)6-8-17-15/h6,8,10-12,14H,4-5,7,9,16H2,1-3H3. The summed E-state index contributed by atoms with van der Waals surface area (Å²) < 4.78 is 0. The Bertz CT molecular complexity index is 383. The normalized spacial score (nSPS) is 16.9. The first-order chi connectivity index (χ1) is 8.58. The zero-order valence-corrected chi connectivity index (χ0v) is 11.8. The van der Waals surface area contributed by atoms with Gasteiger partial charge in [0.1, 0.15) is 5.82 Å². The molecule has 1 aromatic heterocycles. The molecule has 0 amide bonds. The molecular weight excluding hydrogens is 222 g/mol. The zero-order valence-electron chi connectivity index (χ0n) is 11.8. The molecule has 1 atom stereocenters. The average molecular weight is 247 g/mol. The van der Waals surface area contributed by atoms with Gasteiger partial charge >= 0.3 is 0 Å². The van der Waals surface area contributed by atoms with Gasteiger partial charge < -0.3 is 10.6 Å². The summed E-state index contributed by atoms with van der Waals surface area (Å²) in [6.45, 7) is 7.68. The fourth-order valence-electron chi connectivity index (χ4n) is 2.14. The molecule has 2 rings (SSSR count). The maximum Gasteiger partial charge on any atom is 0.129 e. The number of hydrogen-bond acceptors (Lipinski definition) is 3. The Morgan fingerprint density at radius 1 is 1.39 bits per heavy atom. The van der Waals surface area contributed by atoms with Crippen molar-refractivity contribution in [3.63, 3.8) is 0 Å². The number of hydrogen-bond donors (Lipinski definition) is 1. The highest BCUT2D eigenvalue weighted by molar-refractivity contribution is 5.44. The lowest BCUT2D eigenvalue weighted by molar-refractivity contribution is 0.568. The molecule has 1 heterocycles. The highest BCUT2D eigenvalue weighted by Crippen LogP contribution is 2.31. The van der Waals surface area contributed by atoms with Gasteiger partial charge in [-0.25, -0.2) is 4.98 Å². The lowest BCUT2D eigenvalue weighted by Gasteiger charge is -2.25. The minimum Gasteiger partial charge on any atom is -0.354 e. The molecule has 1 aliphatic rings. The third kappa shape index (κ3) is 3.45. The Labute approximate surface area is 110 Å². The molecule has 1 aromatic rings. The van der Waals surface area contributed by atoms with E-state index >= 15 is 0 Å². The Morgan fingerprint density at radius 3 is 2.67 bits per heavy atom. The van der Waals surface area contributed by atoms with E-state index in [0.717, 1.165) is 18.3 Å². The highest BCUT2D eigenvalue weighted by Gasteiger charge is 2.29. The van der Waals surface area contributed by atoms with Crippen molar-refractivity contribution in [1.29, 1.82) is 0 Å². The van der Waals surface area contributed by atoms with Gasteiger partial charge in [0.05, 0.1) is 0 Å². The molecular formula is C15H25N3. The van der Waals surface area contributed by atoms with Crippen LogP contribution in [0.4, 0.5) is 5.82 Å². The lowest BCUT2D eigenvalue weighted by Crippen LogP contribution is -2.28. The number of pyridine rings is 1. The first-order valence-corrected chi connectivity index (χ1v) is 7.06. The van der Waals surface area contributed by atoms with E-state index in [2.05, 4.69) is 29.8 Å². The summed E-state index contributed by atoms with van der Waals surface area (Å²) in [5.74, 6) is 1.84.